The van der Waals surface area contributed by atoms with E-state index in [4.69, 9.17) is 0 Å². The van der Waals surface area contributed by atoms with E-state index < -0.39 is 17.7 Å². The van der Waals surface area contributed by atoms with E-state index in [9.17, 15) is 23.1 Å². The number of carboxylic acid groups (broad SMARTS) is 1. The van der Waals surface area contributed by atoms with Crippen molar-refractivity contribution in [2.75, 3.05) is 23.9 Å². The summed E-state index contributed by atoms with van der Waals surface area (Å²) in [5.41, 5.74) is 2.15. The summed E-state index contributed by atoms with van der Waals surface area (Å²) in [7, 11) is 3.23. The number of para-hydroxylation sites is 1. The molecule has 0 spiro atoms. The summed E-state index contributed by atoms with van der Waals surface area (Å²) < 4.78 is 43.0. The first-order chi connectivity index (χ1) is 18.5. The van der Waals surface area contributed by atoms with Crippen LogP contribution in [0.25, 0.3) is 0 Å². The normalized spacial score (nSPS) is 25.5. The minimum Gasteiger partial charge on any atom is -0.478 e. The minimum atomic E-state index is -4.59. The lowest BCUT2D eigenvalue weighted by atomic mass is 9.48. The van der Waals surface area contributed by atoms with Gasteiger partial charge in [0.05, 0.1) is 22.5 Å². The van der Waals surface area contributed by atoms with Gasteiger partial charge in [-0.05, 0) is 110 Å². The third-order valence-electron chi connectivity index (χ3n) is 9.44. The molecule has 1 N–H and O–H groups in total. The molecule has 0 heterocycles. The van der Waals surface area contributed by atoms with Gasteiger partial charge in [0.2, 0.25) is 0 Å². The zero-order valence-corrected chi connectivity index (χ0v) is 22.2. The van der Waals surface area contributed by atoms with Gasteiger partial charge in [-0.2, -0.15) is 13.2 Å². The van der Waals surface area contributed by atoms with E-state index >= 15 is 0 Å². The molecule has 0 saturated heterocycles. The van der Waals surface area contributed by atoms with Crippen molar-refractivity contribution in [2.24, 2.45) is 17.8 Å². The Kier molecular flexibility index (Phi) is 6.16. The average molecular weight is 535 g/mol. The number of benzene rings is 3. The molecule has 4 bridgehead atoms. The lowest BCUT2D eigenvalue weighted by molar-refractivity contribution is -0.137. The number of rotatable bonds is 6. The maximum Gasteiger partial charge on any atom is 0.418 e. The predicted molar refractivity (Wildman–Crippen MR) is 147 cm³/mol. The Bertz CT molecular complexity index is 1360. The van der Waals surface area contributed by atoms with Gasteiger partial charge in [0.25, 0.3) is 0 Å². The summed E-state index contributed by atoms with van der Waals surface area (Å²) in [4.78, 5) is 14.7. The third-order valence-corrected chi connectivity index (χ3v) is 9.44. The molecule has 204 valence electrons. The van der Waals surface area contributed by atoms with Crippen molar-refractivity contribution in [3.63, 3.8) is 0 Å². The highest BCUT2D eigenvalue weighted by atomic mass is 19.4. The van der Waals surface area contributed by atoms with Crippen molar-refractivity contribution in [1.29, 1.82) is 0 Å². The molecule has 4 nitrogen and oxygen atoms in total. The number of anilines is 4. The Morgan fingerprint density at radius 1 is 0.795 bits per heavy atom. The molecule has 0 aliphatic heterocycles. The molecule has 39 heavy (non-hydrogen) atoms. The number of nitrogens with zero attached hydrogens (tertiary/aromatic N) is 2. The van der Waals surface area contributed by atoms with Crippen LogP contribution >= 0.6 is 0 Å². The number of hydrogen-bond acceptors (Lipinski definition) is 3. The average Bonchev–Trinajstić information content (AvgIpc) is 2.91. The quantitative estimate of drug-likeness (QED) is 0.345. The third kappa shape index (κ3) is 4.56. The van der Waals surface area contributed by atoms with Gasteiger partial charge in [0.1, 0.15) is 0 Å². The second-order valence-corrected chi connectivity index (χ2v) is 11.9. The maximum absolute atomic E-state index is 14.3. The highest BCUT2D eigenvalue weighted by Crippen LogP contribution is 2.60. The van der Waals surface area contributed by atoms with E-state index in [1.165, 1.54) is 61.1 Å². The van der Waals surface area contributed by atoms with Crippen molar-refractivity contribution in [3.8, 4) is 0 Å². The Balaban J connectivity index is 1.30. The Labute approximate surface area is 227 Å². The molecule has 4 fully saturated rings. The molecule has 0 radical (unpaired) electrons. The van der Waals surface area contributed by atoms with Gasteiger partial charge in [0.15, 0.2) is 0 Å². The highest BCUT2D eigenvalue weighted by Gasteiger charge is 2.51. The number of halogens is 3. The van der Waals surface area contributed by atoms with E-state index in [2.05, 4.69) is 12.1 Å². The summed E-state index contributed by atoms with van der Waals surface area (Å²) in [6, 6.07) is 18.6. The molecule has 3 aromatic rings. The summed E-state index contributed by atoms with van der Waals surface area (Å²) in [6.07, 6.45) is 3.24. The van der Waals surface area contributed by atoms with Gasteiger partial charge in [-0.3, -0.25) is 0 Å². The van der Waals surface area contributed by atoms with E-state index in [1.807, 2.05) is 12.1 Å². The van der Waals surface area contributed by atoms with Crippen molar-refractivity contribution >= 4 is 28.7 Å². The molecule has 0 unspecified atom stereocenters. The van der Waals surface area contributed by atoms with Crippen LogP contribution in [0.15, 0.2) is 66.7 Å². The van der Waals surface area contributed by atoms with E-state index in [0.717, 1.165) is 23.8 Å². The van der Waals surface area contributed by atoms with Gasteiger partial charge < -0.3 is 14.9 Å². The monoisotopic (exact) mass is 534 g/mol. The van der Waals surface area contributed by atoms with Gasteiger partial charge >= 0.3 is 12.1 Å². The Hall–Kier alpha value is -3.48. The van der Waals surface area contributed by atoms with E-state index in [-0.39, 0.29) is 22.4 Å². The molecular formula is C32H33F3N2O2. The lowest BCUT2D eigenvalue weighted by Gasteiger charge is -2.57. The van der Waals surface area contributed by atoms with Crippen molar-refractivity contribution in [1.82, 2.24) is 0 Å². The number of carbonyl (C=O) groups is 1. The SMILES string of the molecule is CN(c1ccc(N(C)c2ccc(C34CC5CC(CC(C5)C3)C4)cc2)c(C(F)(F)F)c1)c1ccccc1C(=O)O. The molecule has 4 aliphatic rings. The van der Waals surface area contributed by atoms with Crippen molar-refractivity contribution in [3.05, 3.63) is 83.4 Å². The summed E-state index contributed by atoms with van der Waals surface area (Å²) in [5, 5.41) is 9.54. The fourth-order valence-electron chi connectivity index (χ4n) is 7.98. The predicted octanol–water partition coefficient (Wildman–Crippen LogP) is 8.41. The van der Waals surface area contributed by atoms with Crippen LogP contribution in [0.2, 0.25) is 0 Å². The summed E-state index contributed by atoms with van der Waals surface area (Å²) in [6.45, 7) is 0. The fraction of sp³-hybridized carbons (Fsp3) is 0.406. The van der Waals surface area contributed by atoms with Crippen LogP contribution in [-0.4, -0.2) is 25.2 Å². The second kappa shape index (κ2) is 9.32. The molecular weight excluding hydrogens is 501 g/mol. The molecule has 7 rings (SSSR count). The lowest BCUT2D eigenvalue weighted by Crippen LogP contribution is -2.48. The van der Waals surface area contributed by atoms with Crippen LogP contribution in [0, 0.1) is 17.8 Å². The number of alkyl halides is 3. The van der Waals surface area contributed by atoms with E-state index in [0.29, 0.717) is 11.4 Å². The van der Waals surface area contributed by atoms with Gasteiger partial charge in [0, 0.05) is 25.5 Å². The molecule has 0 atom stereocenters. The number of hydrogen-bond donors (Lipinski definition) is 1. The molecule has 7 heteroatoms. The molecule has 4 saturated carbocycles. The van der Waals surface area contributed by atoms with Gasteiger partial charge in [-0.25, -0.2) is 4.79 Å². The van der Waals surface area contributed by atoms with Crippen LogP contribution in [0.1, 0.15) is 60.0 Å². The van der Waals surface area contributed by atoms with Crippen LogP contribution in [0.3, 0.4) is 0 Å². The van der Waals surface area contributed by atoms with E-state index in [1.54, 1.807) is 43.3 Å². The largest absolute Gasteiger partial charge is 0.478 e. The molecule has 0 amide bonds. The first kappa shape index (κ1) is 25.8. The standard InChI is InChI=1S/C32H33F3N2O2/c1-36(24-9-7-23(8-10-24)31-17-20-13-21(18-31)15-22(14-20)19-31)29-12-11-25(16-27(29)32(33,34)35)37(2)28-6-4-3-5-26(28)30(38)39/h3-12,16,20-22H,13-15,17-19H2,1-2H3,(H,38,39). The topological polar surface area (TPSA) is 43.8 Å². The fourth-order valence-corrected chi connectivity index (χ4v) is 7.98. The summed E-state index contributed by atoms with van der Waals surface area (Å²) in [5.74, 6) is 1.34. The maximum atomic E-state index is 14.3. The van der Waals surface area contributed by atoms with Gasteiger partial charge in [-0.15, -0.1) is 0 Å². The smallest absolute Gasteiger partial charge is 0.418 e. The highest BCUT2D eigenvalue weighted by molar-refractivity contribution is 5.95. The Morgan fingerprint density at radius 3 is 1.90 bits per heavy atom. The van der Waals surface area contributed by atoms with Crippen molar-refractivity contribution in [2.45, 2.75) is 50.1 Å². The molecule has 0 aromatic heterocycles. The molecule has 4 aliphatic carbocycles. The second-order valence-electron chi connectivity index (χ2n) is 11.9. The van der Waals surface area contributed by atoms with Gasteiger partial charge in [-0.1, -0.05) is 24.3 Å². The number of aromatic carboxylic acids is 1. The van der Waals surface area contributed by atoms with Crippen LogP contribution in [0.4, 0.5) is 35.9 Å². The first-order valence-corrected chi connectivity index (χ1v) is 13.7. The first-order valence-electron chi connectivity index (χ1n) is 13.7. The van der Waals surface area contributed by atoms with Crippen LogP contribution in [0.5, 0.6) is 0 Å². The summed E-state index contributed by atoms with van der Waals surface area (Å²) >= 11 is 0. The van der Waals surface area contributed by atoms with Crippen molar-refractivity contribution < 1.29 is 23.1 Å². The van der Waals surface area contributed by atoms with Crippen LogP contribution in [-0.2, 0) is 11.6 Å². The minimum absolute atomic E-state index is 0.0221. The Morgan fingerprint density at radius 2 is 1.33 bits per heavy atom. The number of carboxylic acids is 1. The zero-order valence-electron chi connectivity index (χ0n) is 22.2. The molecule has 3 aromatic carbocycles. The zero-order chi connectivity index (χ0) is 27.5. The van der Waals surface area contributed by atoms with Crippen LogP contribution < -0.4 is 9.80 Å².